The van der Waals surface area contributed by atoms with E-state index in [4.69, 9.17) is 16.1 Å². The van der Waals surface area contributed by atoms with Crippen LogP contribution in [-0.2, 0) is 11.2 Å². The van der Waals surface area contributed by atoms with E-state index in [-0.39, 0.29) is 18.4 Å². The first-order valence-electron chi connectivity index (χ1n) is 7.53. The van der Waals surface area contributed by atoms with Gasteiger partial charge in [0.05, 0.1) is 18.2 Å². The molecule has 0 aliphatic carbocycles. The van der Waals surface area contributed by atoms with Gasteiger partial charge in [0.2, 0.25) is 5.91 Å². The van der Waals surface area contributed by atoms with Crippen LogP contribution in [0, 0.1) is 13.8 Å². The van der Waals surface area contributed by atoms with Gasteiger partial charge in [-0.05, 0) is 53.9 Å². The first-order valence-corrected chi connectivity index (χ1v) is 8.85. The van der Waals surface area contributed by atoms with Gasteiger partial charge >= 0.3 is 0 Å². The number of halogens is 1. The van der Waals surface area contributed by atoms with Crippen molar-refractivity contribution in [3.63, 3.8) is 0 Å². The maximum Gasteiger partial charge on any atom is 0.225 e. The van der Waals surface area contributed by atoms with E-state index in [0.717, 1.165) is 22.4 Å². The zero-order valence-corrected chi connectivity index (χ0v) is 14.9. The lowest BCUT2D eigenvalue weighted by Gasteiger charge is -2.18. The van der Waals surface area contributed by atoms with Gasteiger partial charge in [0.1, 0.15) is 5.76 Å². The zero-order valence-electron chi connectivity index (χ0n) is 13.4. The molecule has 0 fully saturated rings. The number of amides is 1. The molecule has 1 amide bonds. The summed E-state index contributed by atoms with van der Waals surface area (Å²) in [6.07, 6.45) is 0.245. The van der Waals surface area contributed by atoms with E-state index < -0.39 is 0 Å². The summed E-state index contributed by atoms with van der Waals surface area (Å²) in [6.45, 7) is 3.66. The van der Waals surface area contributed by atoms with Crippen molar-refractivity contribution in [2.45, 2.75) is 26.3 Å². The fraction of sp³-hybridized carbons (Fsp3) is 0.222. The van der Waals surface area contributed by atoms with E-state index in [9.17, 15) is 4.79 Å². The molecular weight excluding hydrogens is 344 g/mol. The molecule has 24 heavy (non-hydrogen) atoms. The smallest absolute Gasteiger partial charge is 0.225 e. The van der Waals surface area contributed by atoms with Crippen molar-refractivity contribution in [3.8, 4) is 0 Å². The van der Waals surface area contributed by atoms with E-state index in [2.05, 4.69) is 10.5 Å². The largest absolute Gasteiger partial charge is 0.361 e. The van der Waals surface area contributed by atoms with Gasteiger partial charge < -0.3 is 9.84 Å². The standard InChI is InChI=1S/C18H17ClN2O2S/c1-11-16(12(2)23-21-11)9-17(22)20-18(14-7-8-24-10-14)13-3-5-15(19)6-4-13/h3-8,10,18H,9H2,1-2H3,(H,20,22). The molecule has 0 aliphatic rings. The fourth-order valence-corrected chi connectivity index (χ4v) is 3.39. The van der Waals surface area contributed by atoms with Crippen molar-refractivity contribution >= 4 is 28.8 Å². The molecule has 1 N–H and O–H groups in total. The third kappa shape index (κ3) is 3.68. The number of thiophene rings is 1. The van der Waals surface area contributed by atoms with Crippen LogP contribution in [0.5, 0.6) is 0 Å². The minimum absolute atomic E-state index is 0.0736. The lowest BCUT2D eigenvalue weighted by atomic mass is 10.0. The Hall–Kier alpha value is -2.11. The van der Waals surface area contributed by atoms with Gasteiger partial charge in [0.25, 0.3) is 0 Å². The predicted octanol–water partition coefficient (Wildman–Crippen LogP) is 4.45. The topological polar surface area (TPSA) is 55.1 Å². The summed E-state index contributed by atoms with van der Waals surface area (Å²) in [6, 6.07) is 9.33. The number of carbonyl (C=O) groups excluding carboxylic acids is 1. The molecule has 2 aromatic heterocycles. The number of aryl methyl sites for hydroxylation is 2. The lowest BCUT2D eigenvalue weighted by Crippen LogP contribution is -2.30. The van der Waals surface area contributed by atoms with Crippen molar-refractivity contribution in [2.75, 3.05) is 0 Å². The summed E-state index contributed by atoms with van der Waals surface area (Å²) in [5, 5.41) is 11.7. The zero-order chi connectivity index (χ0) is 17.1. The summed E-state index contributed by atoms with van der Waals surface area (Å²) in [4.78, 5) is 12.6. The molecule has 0 saturated heterocycles. The van der Waals surface area contributed by atoms with Crippen LogP contribution in [0.3, 0.4) is 0 Å². The minimum atomic E-state index is -0.207. The number of hydrogen-bond donors (Lipinski definition) is 1. The van der Waals surface area contributed by atoms with Crippen LogP contribution < -0.4 is 5.32 Å². The number of rotatable bonds is 5. The number of carbonyl (C=O) groups is 1. The Labute approximate surface area is 149 Å². The minimum Gasteiger partial charge on any atom is -0.361 e. The number of benzene rings is 1. The third-order valence-corrected chi connectivity index (χ3v) is 4.86. The SMILES string of the molecule is Cc1noc(C)c1CC(=O)NC(c1ccc(Cl)cc1)c1ccsc1. The molecule has 124 valence electrons. The van der Waals surface area contributed by atoms with Crippen LogP contribution in [0.25, 0.3) is 0 Å². The summed E-state index contributed by atoms with van der Waals surface area (Å²) >= 11 is 7.57. The van der Waals surface area contributed by atoms with Gasteiger partial charge in [0.15, 0.2) is 0 Å². The molecule has 0 bridgehead atoms. The van der Waals surface area contributed by atoms with Crippen molar-refractivity contribution in [1.82, 2.24) is 10.5 Å². The number of aromatic nitrogens is 1. The molecule has 1 aromatic carbocycles. The second-order valence-corrected chi connectivity index (χ2v) is 6.80. The van der Waals surface area contributed by atoms with Gasteiger partial charge in [-0.15, -0.1) is 0 Å². The molecule has 0 spiro atoms. The molecule has 1 unspecified atom stereocenters. The van der Waals surface area contributed by atoms with E-state index >= 15 is 0 Å². The quantitative estimate of drug-likeness (QED) is 0.731. The highest BCUT2D eigenvalue weighted by Crippen LogP contribution is 2.25. The predicted molar refractivity (Wildman–Crippen MR) is 95.4 cm³/mol. The van der Waals surface area contributed by atoms with Gasteiger partial charge in [-0.1, -0.05) is 28.9 Å². The highest BCUT2D eigenvalue weighted by atomic mass is 35.5. The second-order valence-electron chi connectivity index (χ2n) is 5.59. The Morgan fingerprint density at radius 3 is 2.58 bits per heavy atom. The molecule has 0 aliphatic heterocycles. The summed E-state index contributed by atoms with van der Waals surface area (Å²) in [7, 11) is 0. The molecule has 3 aromatic rings. The maximum atomic E-state index is 12.6. The first-order chi connectivity index (χ1) is 11.5. The normalized spacial score (nSPS) is 12.1. The average Bonchev–Trinajstić information content (AvgIpc) is 3.19. The van der Waals surface area contributed by atoms with Crippen LogP contribution in [-0.4, -0.2) is 11.1 Å². The Bertz CT molecular complexity index is 806. The maximum absolute atomic E-state index is 12.6. The summed E-state index contributed by atoms with van der Waals surface area (Å²) < 4.78 is 5.13. The van der Waals surface area contributed by atoms with Gasteiger partial charge in [0, 0.05) is 10.6 Å². The van der Waals surface area contributed by atoms with Crippen molar-refractivity contribution < 1.29 is 9.32 Å². The van der Waals surface area contributed by atoms with Crippen LogP contribution in [0.2, 0.25) is 5.02 Å². The van der Waals surface area contributed by atoms with Crippen LogP contribution in [0.15, 0.2) is 45.6 Å². The highest BCUT2D eigenvalue weighted by molar-refractivity contribution is 7.08. The third-order valence-electron chi connectivity index (χ3n) is 3.90. The highest BCUT2D eigenvalue weighted by Gasteiger charge is 2.20. The second kappa shape index (κ2) is 7.20. The summed E-state index contributed by atoms with van der Waals surface area (Å²) in [5.74, 6) is 0.608. The van der Waals surface area contributed by atoms with Gasteiger partial charge in [-0.25, -0.2) is 0 Å². The van der Waals surface area contributed by atoms with Gasteiger partial charge in [-0.2, -0.15) is 11.3 Å². The van der Waals surface area contributed by atoms with E-state index in [0.29, 0.717) is 10.8 Å². The van der Waals surface area contributed by atoms with Crippen LogP contribution in [0.4, 0.5) is 0 Å². The van der Waals surface area contributed by atoms with E-state index in [1.165, 1.54) is 0 Å². The number of nitrogens with one attached hydrogen (secondary N) is 1. The fourth-order valence-electron chi connectivity index (χ4n) is 2.58. The number of nitrogens with zero attached hydrogens (tertiary/aromatic N) is 1. The Morgan fingerprint density at radius 2 is 2.00 bits per heavy atom. The molecule has 0 saturated carbocycles. The first kappa shape index (κ1) is 16.7. The van der Waals surface area contributed by atoms with E-state index in [1.807, 2.05) is 54.9 Å². The van der Waals surface area contributed by atoms with Crippen LogP contribution >= 0.6 is 22.9 Å². The van der Waals surface area contributed by atoms with Crippen molar-refractivity contribution in [2.24, 2.45) is 0 Å². The van der Waals surface area contributed by atoms with Crippen molar-refractivity contribution in [1.29, 1.82) is 0 Å². The van der Waals surface area contributed by atoms with E-state index in [1.54, 1.807) is 11.3 Å². The number of hydrogen-bond acceptors (Lipinski definition) is 4. The Kier molecular flexibility index (Phi) is 5.02. The Morgan fingerprint density at radius 1 is 1.25 bits per heavy atom. The van der Waals surface area contributed by atoms with Crippen molar-refractivity contribution in [3.05, 3.63) is 74.3 Å². The molecule has 6 heteroatoms. The Balaban J connectivity index is 1.82. The lowest BCUT2D eigenvalue weighted by molar-refractivity contribution is -0.121. The average molecular weight is 361 g/mol. The summed E-state index contributed by atoms with van der Waals surface area (Å²) in [5.41, 5.74) is 3.63. The molecular formula is C18H17ClN2O2S. The van der Waals surface area contributed by atoms with Crippen LogP contribution in [0.1, 0.15) is 34.2 Å². The molecule has 1 atom stereocenters. The molecule has 0 radical (unpaired) electrons. The monoisotopic (exact) mass is 360 g/mol. The molecule has 3 rings (SSSR count). The molecule has 2 heterocycles. The molecule has 4 nitrogen and oxygen atoms in total. The van der Waals surface area contributed by atoms with Gasteiger partial charge in [-0.3, -0.25) is 4.79 Å².